The van der Waals surface area contributed by atoms with Gasteiger partial charge in [-0.05, 0) is 65.7 Å². The van der Waals surface area contributed by atoms with E-state index < -0.39 is 0 Å². The predicted octanol–water partition coefficient (Wildman–Crippen LogP) is 10.0. The number of hydrogen-bond donors (Lipinski definition) is 0. The molecule has 0 spiro atoms. The topological polar surface area (TPSA) is 17.4 Å². The molecule has 3 heteroatoms. The van der Waals surface area contributed by atoms with Gasteiger partial charge >= 0.3 is 0 Å². The monoisotopic (exact) mass is 500 g/mol. The van der Waals surface area contributed by atoms with Crippen molar-refractivity contribution in [2.24, 2.45) is 0 Å². The largest absolute Gasteiger partial charge is 0.451 e. The van der Waals surface area contributed by atoms with Gasteiger partial charge in [-0.2, -0.15) is 0 Å². The molecule has 2 heterocycles. The summed E-state index contributed by atoms with van der Waals surface area (Å²) in [5, 5.41) is 2.41. The zero-order chi connectivity index (χ0) is 25.8. The van der Waals surface area contributed by atoms with Crippen LogP contribution >= 0.6 is 0 Å². The average Bonchev–Trinajstić information content (AvgIpc) is 3.35. The minimum atomic E-state index is 0.854. The molecule has 1 aliphatic rings. The first-order valence-electron chi connectivity index (χ1n) is 13.2. The maximum Gasteiger partial charge on any atom is 0.176 e. The maximum absolute atomic E-state index is 6.76. The fraction of sp³-hybridized carbons (Fsp3) is 0. The first-order chi connectivity index (χ1) is 19.4. The highest BCUT2D eigenvalue weighted by molar-refractivity contribution is 6.14. The van der Waals surface area contributed by atoms with Crippen molar-refractivity contribution in [3.05, 3.63) is 146 Å². The molecule has 39 heavy (non-hydrogen) atoms. The molecule has 1 aromatic heterocycles. The van der Waals surface area contributed by atoms with E-state index in [0.29, 0.717) is 0 Å². The van der Waals surface area contributed by atoms with Crippen LogP contribution in [-0.4, -0.2) is 4.57 Å². The molecular weight excluding hydrogens is 476 g/mol. The predicted molar refractivity (Wildman–Crippen MR) is 161 cm³/mol. The minimum absolute atomic E-state index is 0.854. The molecule has 184 valence electrons. The molecule has 1 aliphatic heterocycles. The molecule has 0 bridgehead atoms. The van der Waals surface area contributed by atoms with Crippen molar-refractivity contribution < 1.29 is 4.74 Å². The maximum atomic E-state index is 6.76. The van der Waals surface area contributed by atoms with E-state index in [0.717, 1.165) is 39.8 Å². The molecule has 0 aliphatic carbocycles. The Kier molecular flexibility index (Phi) is 4.82. The molecular formula is C36H24N2O. The lowest BCUT2D eigenvalue weighted by molar-refractivity contribution is 0.477. The standard InChI is InChI=1S/C36H24N2O/c1-3-11-25(12-4-1)26-19-21-28(22-20-26)37(27-13-5-2-6-14-27)33-24-23-30-29-15-7-8-16-31(29)38-32-17-9-10-18-34(32)39-36(33)35(30)38/h1-24H. The summed E-state index contributed by atoms with van der Waals surface area (Å²) in [6.45, 7) is 0. The minimum Gasteiger partial charge on any atom is -0.451 e. The van der Waals surface area contributed by atoms with E-state index in [1.165, 1.54) is 27.4 Å². The Hall–Kier alpha value is -5.28. The summed E-state index contributed by atoms with van der Waals surface area (Å²) in [6.07, 6.45) is 0. The molecule has 0 radical (unpaired) electrons. The van der Waals surface area contributed by atoms with Crippen LogP contribution in [0, 0.1) is 0 Å². The van der Waals surface area contributed by atoms with E-state index in [2.05, 4.69) is 143 Å². The Morgan fingerprint density at radius 2 is 1.13 bits per heavy atom. The van der Waals surface area contributed by atoms with Crippen LogP contribution in [-0.2, 0) is 0 Å². The van der Waals surface area contributed by atoms with Crippen molar-refractivity contribution in [2.45, 2.75) is 0 Å². The lowest BCUT2D eigenvalue weighted by Crippen LogP contribution is -2.13. The first-order valence-corrected chi connectivity index (χ1v) is 13.2. The number of hydrogen-bond acceptors (Lipinski definition) is 2. The van der Waals surface area contributed by atoms with Gasteiger partial charge < -0.3 is 14.2 Å². The Labute approximate surface area is 226 Å². The lowest BCUT2D eigenvalue weighted by Gasteiger charge is -2.30. The van der Waals surface area contributed by atoms with E-state index in [4.69, 9.17) is 4.74 Å². The van der Waals surface area contributed by atoms with Gasteiger partial charge in [0.25, 0.3) is 0 Å². The Balaban J connectivity index is 1.39. The summed E-state index contributed by atoms with van der Waals surface area (Å²) >= 11 is 0. The molecule has 8 rings (SSSR count). The fourth-order valence-corrected chi connectivity index (χ4v) is 5.82. The van der Waals surface area contributed by atoms with Gasteiger partial charge in [0.05, 0.1) is 22.4 Å². The van der Waals surface area contributed by atoms with Gasteiger partial charge in [0.15, 0.2) is 11.5 Å². The summed E-state index contributed by atoms with van der Waals surface area (Å²) in [4.78, 5) is 2.29. The van der Waals surface area contributed by atoms with Crippen LogP contribution in [0.15, 0.2) is 146 Å². The molecule has 0 amide bonds. The third-order valence-corrected chi connectivity index (χ3v) is 7.58. The molecule has 0 N–H and O–H groups in total. The van der Waals surface area contributed by atoms with Gasteiger partial charge in [0.2, 0.25) is 0 Å². The van der Waals surface area contributed by atoms with Crippen LogP contribution in [0.4, 0.5) is 17.1 Å². The van der Waals surface area contributed by atoms with Gasteiger partial charge in [-0.1, -0.05) is 91.0 Å². The summed E-state index contributed by atoms with van der Waals surface area (Å²) < 4.78 is 9.12. The van der Waals surface area contributed by atoms with Gasteiger partial charge in [-0.25, -0.2) is 0 Å². The lowest BCUT2D eigenvalue weighted by atomic mass is 10.0. The van der Waals surface area contributed by atoms with Crippen LogP contribution in [0.5, 0.6) is 11.5 Å². The highest BCUT2D eigenvalue weighted by atomic mass is 16.5. The van der Waals surface area contributed by atoms with Crippen LogP contribution in [0.1, 0.15) is 0 Å². The van der Waals surface area contributed by atoms with Gasteiger partial charge in [-0.15, -0.1) is 0 Å². The third kappa shape index (κ3) is 3.37. The molecule has 0 unspecified atom stereocenters. The Bertz CT molecular complexity index is 1970. The molecule has 0 saturated carbocycles. The molecule has 0 atom stereocenters. The number of benzene rings is 6. The summed E-state index contributed by atoms with van der Waals surface area (Å²) in [5.41, 5.74) is 8.87. The van der Waals surface area contributed by atoms with E-state index in [1.54, 1.807) is 0 Å². The molecule has 6 aromatic carbocycles. The number of fused-ring (bicyclic) bond motifs is 5. The number of rotatable bonds is 4. The number of para-hydroxylation sites is 4. The second-order valence-electron chi connectivity index (χ2n) is 9.82. The zero-order valence-corrected chi connectivity index (χ0v) is 21.2. The summed E-state index contributed by atoms with van der Waals surface area (Å²) in [6, 6.07) is 51.1. The van der Waals surface area contributed by atoms with Gasteiger partial charge in [0.1, 0.15) is 0 Å². The first kappa shape index (κ1) is 21.8. The van der Waals surface area contributed by atoms with Crippen molar-refractivity contribution in [3.63, 3.8) is 0 Å². The van der Waals surface area contributed by atoms with E-state index in [-0.39, 0.29) is 0 Å². The van der Waals surface area contributed by atoms with Crippen molar-refractivity contribution in [1.29, 1.82) is 0 Å². The van der Waals surface area contributed by atoms with Crippen molar-refractivity contribution >= 4 is 38.9 Å². The van der Waals surface area contributed by atoms with Crippen LogP contribution < -0.4 is 9.64 Å². The second kappa shape index (κ2) is 8.64. The van der Waals surface area contributed by atoms with Crippen LogP contribution in [0.2, 0.25) is 0 Å². The third-order valence-electron chi connectivity index (χ3n) is 7.58. The molecule has 7 aromatic rings. The zero-order valence-electron chi connectivity index (χ0n) is 21.2. The normalized spacial score (nSPS) is 11.8. The summed E-state index contributed by atoms with van der Waals surface area (Å²) in [5.74, 6) is 1.71. The van der Waals surface area contributed by atoms with Crippen molar-refractivity contribution in [2.75, 3.05) is 4.90 Å². The highest BCUT2D eigenvalue weighted by Crippen LogP contribution is 2.51. The van der Waals surface area contributed by atoms with Gasteiger partial charge in [0, 0.05) is 22.1 Å². The number of aromatic nitrogens is 1. The average molecular weight is 501 g/mol. The second-order valence-corrected chi connectivity index (χ2v) is 9.82. The smallest absolute Gasteiger partial charge is 0.176 e. The molecule has 0 fully saturated rings. The quantitative estimate of drug-likeness (QED) is 0.239. The Morgan fingerprint density at radius 1 is 0.487 bits per heavy atom. The number of anilines is 3. The SMILES string of the molecule is c1ccc(-c2ccc(N(c3ccccc3)c3ccc4c5ccccc5n5c4c3Oc3ccccc3-5)cc2)cc1. The van der Waals surface area contributed by atoms with Crippen LogP contribution in [0.3, 0.4) is 0 Å². The highest BCUT2D eigenvalue weighted by Gasteiger charge is 2.28. The van der Waals surface area contributed by atoms with Gasteiger partial charge in [-0.3, -0.25) is 0 Å². The molecule has 3 nitrogen and oxygen atoms in total. The summed E-state index contributed by atoms with van der Waals surface area (Å²) in [7, 11) is 0. The van der Waals surface area contributed by atoms with E-state index >= 15 is 0 Å². The van der Waals surface area contributed by atoms with Crippen molar-refractivity contribution in [3.8, 4) is 28.3 Å². The fourth-order valence-electron chi connectivity index (χ4n) is 5.82. The molecule has 0 saturated heterocycles. The number of nitrogens with zero attached hydrogens (tertiary/aromatic N) is 2. The van der Waals surface area contributed by atoms with Crippen LogP contribution in [0.25, 0.3) is 38.6 Å². The van der Waals surface area contributed by atoms with E-state index in [9.17, 15) is 0 Å². The van der Waals surface area contributed by atoms with E-state index in [1.807, 2.05) is 12.1 Å². The Morgan fingerprint density at radius 3 is 1.95 bits per heavy atom. The number of ether oxygens (including phenoxy) is 1. The van der Waals surface area contributed by atoms with Crippen molar-refractivity contribution in [1.82, 2.24) is 4.57 Å².